The molecule has 5 N–H and O–H groups in total. The number of allylic oxidation sites excluding steroid dienone is 8. The van der Waals surface area contributed by atoms with Crippen LogP contribution >= 0.6 is 0 Å². The number of carbonyl (C=O) groups is 1. The van der Waals surface area contributed by atoms with Crippen LogP contribution in [0.15, 0.2) is 48.6 Å². The van der Waals surface area contributed by atoms with E-state index in [1.54, 1.807) is 0 Å². The Bertz CT molecular complexity index is 1070. The highest BCUT2D eigenvalue weighted by Crippen LogP contribution is 2.17. The molecule has 1 amide bonds. The van der Waals surface area contributed by atoms with Crippen LogP contribution < -0.4 is 5.32 Å². The second-order valence-corrected chi connectivity index (χ2v) is 19.6. The van der Waals surface area contributed by atoms with Crippen LogP contribution in [0.1, 0.15) is 290 Å². The SMILES string of the molecule is CCCCCC/C=C/CC/C=C/CC/C=C/CCCC(O)C(O)C(CO)NC(=O)C(O)CCCCCCCCCCCCCCCCCC/C=C\CCCCCCCCCCCCCC. The molecule has 65 heavy (non-hydrogen) atoms. The van der Waals surface area contributed by atoms with Gasteiger partial charge in [-0.05, 0) is 89.9 Å². The van der Waals surface area contributed by atoms with E-state index in [1.807, 2.05) is 0 Å². The predicted octanol–water partition coefficient (Wildman–Crippen LogP) is 16.6. The van der Waals surface area contributed by atoms with Crippen molar-refractivity contribution in [2.75, 3.05) is 6.61 Å². The summed E-state index contributed by atoms with van der Waals surface area (Å²) in [7, 11) is 0. The molecule has 4 atom stereocenters. The van der Waals surface area contributed by atoms with Gasteiger partial charge in [-0.1, -0.05) is 249 Å². The predicted molar refractivity (Wildman–Crippen MR) is 283 cm³/mol. The number of aliphatic hydroxyl groups is 4. The first-order valence-corrected chi connectivity index (χ1v) is 28.5. The summed E-state index contributed by atoms with van der Waals surface area (Å²) in [6, 6.07) is -1.01. The van der Waals surface area contributed by atoms with Crippen molar-refractivity contribution in [1.29, 1.82) is 0 Å². The van der Waals surface area contributed by atoms with Crippen LogP contribution in [0.2, 0.25) is 0 Å². The van der Waals surface area contributed by atoms with Crippen LogP contribution in [0.5, 0.6) is 0 Å². The van der Waals surface area contributed by atoms with E-state index >= 15 is 0 Å². The van der Waals surface area contributed by atoms with Crippen LogP contribution in [0, 0.1) is 0 Å². The summed E-state index contributed by atoms with van der Waals surface area (Å²) >= 11 is 0. The molecule has 0 aliphatic heterocycles. The Morgan fingerprint density at radius 1 is 0.369 bits per heavy atom. The second-order valence-electron chi connectivity index (χ2n) is 19.6. The first-order valence-electron chi connectivity index (χ1n) is 28.5. The molecule has 0 aliphatic rings. The second kappa shape index (κ2) is 53.2. The van der Waals surface area contributed by atoms with Crippen LogP contribution in [0.25, 0.3) is 0 Å². The molecule has 6 nitrogen and oxygen atoms in total. The third-order valence-corrected chi connectivity index (χ3v) is 13.2. The Kier molecular flexibility index (Phi) is 51.8. The van der Waals surface area contributed by atoms with Crippen molar-refractivity contribution in [2.24, 2.45) is 0 Å². The zero-order chi connectivity index (χ0) is 47.4. The highest BCUT2D eigenvalue weighted by atomic mass is 16.3. The lowest BCUT2D eigenvalue weighted by molar-refractivity contribution is -0.132. The maximum atomic E-state index is 12.6. The van der Waals surface area contributed by atoms with E-state index in [0.717, 1.165) is 51.4 Å². The van der Waals surface area contributed by atoms with Gasteiger partial charge in [-0.2, -0.15) is 0 Å². The van der Waals surface area contributed by atoms with Crippen molar-refractivity contribution in [2.45, 2.75) is 314 Å². The van der Waals surface area contributed by atoms with Gasteiger partial charge in [0.1, 0.15) is 12.2 Å². The molecule has 6 heteroatoms. The van der Waals surface area contributed by atoms with E-state index in [2.05, 4.69) is 67.8 Å². The molecule has 0 aromatic carbocycles. The number of rotatable bonds is 52. The number of aliphatic hydroxyl groups excluding tert-OH is 4. The van der Waals surface area contributed by atoms with Crippen molar-refractivity contribution in [3.8, 4) is 0 Å². The molecule has 0 heterocycles. The first-order chi connectivity index (χ1) is 32.0. The summed E-state index contributed by atoms with van der Waals surface area (Å²) in [5.74, 6) is -0.597. The number of carbonyl (C=O) groups excluding carboxylic acids is 1. The van der Waals surface area contributed by atoms with Gasteiger partial charge in [0.05, 0.1) is 18.8 Å². The minimum atomic E-state index is -1.29. The first kappa shape index (κ1) is 63.3. The maximum Gasteiger partial charge on any atom is 0.249 e. The van der Waals surface area contributed by atoms with Crippen molar-refractivity contribution in [1.82, 2.24) is 5.32 Å². The van der Waals surface area contributed by atoms with E-state index in [-0.39, 0.29) is 0 Å². The molecule has 382 valence electrons. The van der Waals surface area contributed by atoms with Crippen LogP contribution in [-0.4, -0.2) is 57.3 Å². The van der Waals surface area contributed by atoms with Crippen LogP contribution in [0.4, 0.5) is 0 Å². The molecule has 0 saturated carbocycles. The maximum absolute atomic E-state index is 12.6. The van der Waals surface area contributed by atoms with Gasteiger partial charge >= 0.3 is 0 Å². The van der Waals surface area contributed by atoms with E-state index in [4.69, 9.17) is 0 Å². The quantitative estimate of drug-likeness (QED) is 0.0308. The third kappa shape index (κ3) is 47.1. The van der Waals surface area contributed by atoms with Gasteiger partial charge in [0.25, 0.3) is 0 Å². The molecule has 0 radical (unpaired) electrons. The Hall–Kier alpha value is -1.73. The van der Waals surface area contributed by atoms with Gasteiger partial charge in [-0.25, -0.2) is 0 Å². The summed E-state index contributed by atoms with van der Waals surface area (Å²) in [6.45, 7) is 4.04. The van der Waals surface area contributed by atoms with Gasteiger partial charge in [0.2, 0.25) is 5.91 Å². The molecule has 0 fully saturated rings. The molecule has 0 spiro atoms. The largest absolute Gasteiger partial charge is 0.394 e. The molecule has 0 aliphatic carbocycles. The van der Waals surface area contributed by atoms with E-state index in [9.17, 15) is 25.2 Å². The molecule has 0 aromatic rings. The van der Waals surface area contributed by atoms with E-state index in [1.165, 1.54) is 205 Å². The highest BCUT2D eigenvalue weighted by molar-refractivity contribution is 5.80. The Balaban J connectivity index is 3.62. The molecule has 4 unspecified atom stereocenters. The van der Waals surface area contributed by atoms with Gasteiger partial charge in [0.15, 0.2) is 0 Å². The molecule has 0 aromatic heterocycles. The molecule has 0 rings (SSSR count). The minimum Gasteiger partial charge on any atom is -0.394 e. The lowest BCUT2D eigenvalue weighted by atomic mass is 10.00. The summed E-state index contributed by atoms with van der Waals surface area (Å²) < 4.78 is 0. The number of nitrogens with one attached hydrogen (secondary N) is 1. The Labute approximate surface area is 404 Å². The lowest BCUT2D eigenvalue weighted by Gasteiger charge is -2.27. The summed E-state index contributed by atoms with van der Waals surface area (Å²) in [4.78, 5) is 12.6. The third-order valence-electron chi connectivity index (χ3n) is 13.2. The highest BCUT2D eigenvalue weighted by Gasteiger charge is 2.28. The summed E-state index contributed by atoms with van der Waals surface area (Å²) in [5.41, 5.74) is 0. The molecule has 0 saturated heterocycles. The molecule has 0 bridgehead atoms. The fourth-order valence-electron chi connectivity index (χ4n) is 8.73. The number of hydrogen-bond acceptors (Lipinski definition) is 5. The van der Waals surface area contributed by atoms with Gasteiger partial charge in [0, 0.05) is 0 Å². The monoisotopic (exact) mass is 914 g/mol. The van der Waals surface area contributed by atoms with Gasteiger partial charge in [-0.15, -0.1) is 0 Å². The Morgan fingerprint density at radius 2 is 0.646 bits per heavy atom. The molecular weight excluding hydrogens is 803 g/mol. The van der Waals surface area contributed by atoms with E-state index in [0.29, 0.717) is 19.3 Å². The average molecular weight is 915 g/mol. The van der Waals surface area contributed by atoms with Crippen molar-refractivity contribution in [3.05, 3.63) is 48.6 Å². The number of hydrogen-bond donors (Lipinski definition) is 5. The van der Waals surface area contributed by atoms with Crippen molar-refractivity contribution < 1.29 is 25.2 Å². The zero-order valence-corrected chi connectivity index (χ0v) is 43.2. The Morgan fingerprint density at radius 3 is 0.985 bits per heavy atom. The van der Waals surface area contributed by atoms with Crippen molar-refractivity contribution >= 4 is 5.91 Å². The standard InChI is InChI=1S/C59H111NO5/c1-3-5-7-9-11-13-15-17-19-21-22-23-24-25-26-27-28-29-30-31-32-33-34-35-37-39-41-43-45-47-49-51-53-57(63)59(65)60-55(54-61)58(64)56(62)52-50-48-46-44-42-40-38-36-20-18-16-14-12-10-8-6-4-2/h14,16,25-26,36,38,44,46,55-58,61-64H,3-13,15,17-24,27-35,37,39-43,45,47-54H2,1-2H3,(H,60,65)/b16-14+,26-25-,38-36+,46-44+. The van der Waals surface area contributed by atoms with Crippen molar-refractivity contribution in [3.63, 3.8) is 0 Å². The van der Waals surface area contributed by atoms with E-state index < -0.39 is 36.9 Å². The topological polar surface area (TPSA) is 110 Å². The van der Waals surface area contributed by atoms with Gasteiger partial charge < -0.3 is 25.7 Å². The fourth-order valence-corrected chi connectivity index (χ4v) is 8.73. The smallest absolute Gasteiger partial charge is 0.249 e. The average Bonchev–Trinajstić information content (AvgIpc) is 3.31. The lowest BCUT2D eigenvalue weighted by Crippen LogP contribution is -2.53. The minimum absolute atomic E-state index is 0.359. The normalized spacial score (nSPS) is 14.1. The van der Waals surface area contributed by atoms with Crippen LogP contribution in [-0.2, 0) is 4.79 Å². The number of unbranched alkanes of at least 4 members (excludes halogenated alkanes) is 35. The van der Waals surface area contributed by atoms with Crippen LogP contribution in [0.3, 0.4) is 0 Å². The summed E-state index contributed by atoms with van der Waals surface area (Å²) in [6.07, 6.45) is 67.6. The summed E-state index contributed by atoms with van der Waals surface area (Å²) in [5, 5.41) is 43.9. The number of amides is 1. The fraction of sp³-hybridized carbons (Fsp3) is 0.847. The molecular formula is C59H111NO5. The van der Waals surface area contributed by atoms with Gasteiger partial charge in [-0.3, -0.25) is 4.79 Å². The zero-order valence-electron chi connectivity index (χ0n) is 43.2.